The van der Waals surface area contributed by atoms with E-state index in [0.29, 0.717) is 40.4 Å². The van der Waals surface area contributed by atoms with E-state index in [9.17, 15) is 8.78 Å². The predicted octanol–water partition coefficient (Wildman–Crippen LogP) is 16.2. The van der Waals surface area contributed by atoms with E-state index >= 15 is 0 Å². The fourth-order valence-electron chi connectivity index (χ4n) is 11.8. The summed E-state index contributed by atoms with van der Waals surface area (Å²) in [5.74, 6) is 3.31. The molecule has 328 valence electrons. The van der Waals surface area contributed by atoms with Gasteiger partial charge >= 0.3 is 0 Å². The quantitative estimate of drug-likeness (QED) is 0.200. The molecule has 0 amide bonds. The van der Waals surface area contributed by atoms with Crippen LogP contribution in [-0.2, 0) is 30.4 Å². The molecule has 0 saturated heterocycles. The number of rotatable bonds is 3. The van der Waals surface area contributed by atoms with Crippen LogP contribution < -0.4 is 0 Å². The monoisotopic (exact) mass is 819 g/mol. The highest BCUT2D eigenvalue weighted by Crippen LogP contribution is 2.51. The van der Waals surface area contributed by atoms with Crippen molar-refractivity contribution < 1.29 is 13.5 Å². The average Bonchev–Trinajstić information content (AvgIpc) is 3.94. The molecule has 4 aliphatic rings. The summed E-state index contributed by atoms with van der Waals surface area (Å²) in [6.07, 6.45) is 6.81. The van der Waals surface area contributed by atoms with E-state index in [1.165, 1.54) is 42.5 Å². The first-order valence-electron chi connectivity index (χ1n) is 23.3. The summed E-state index contributed by atoms with van der Waals surface area (Å²) in [4.78, 5) is 0. The molecule has 3 heteroatoms. The first kappa shape index (κ1) is 47.7. The largest absolute Gasteiger partial charge is 0.378 e. The Labute approximate surface area is 365 Å². The molecule has 0 heterocycles. The third-order valence-electron chi connectivity index (χ3n) is 14.1. The van der Waals surface area contributed by atoms with Crippen LogP contribution in [0.3, 0.4) is 0 Å². The van der Waals surface area contributed by atoms with E-state index in [1.54, 1.807) is 22.3 Å². The number of hydrogen-bond acceptors (Lipinski definition) is 1. The van der Waals surface area contributed by atoms with Crippen LogP contribution >= 0.6 is 0 Å². The summed E-state index contributed by atoms with van der Waals surface area (Å²) in [7, 11) is 0. The van der Waals surface area contributed by atoms with Crippen LogP contribution in [0.1, 0.15) is 185 Å². The molecule has 0 bridgehead atoms. The maximum Gasteiger partial charge on any atom is 0.127 e. The van der Waals surface area contributed by atoms with E-state index in [4.69, 9.17) is 4.74 Å². The minimum atomic E-state index is -0.252. The van der Waals surface area contributed by atoms with E-state index in [2.05, 4.69) is 177 Å². The Morgan fingerprint density at radius 2 is 0.983 bits per heavy atom. The summed E-state index contributed by atoms with van der Waals surface area (Å²) in [5.41, 5.74) is 11.6. The second kappa shape index (κ2) is 19.0. The standard InChI is InChI=1S/C15H22O.C15H22.C14H20.C13H16F2/c1-5-16-13-10-11-8-6-7-9-12(11)14(13)15(2,3)4;1-5-11-10-12-8-6-7-9-13(12)14(11)15(2,3)4;1-10-9-11-7-5-6-8-12(11)13(10)14(2,3)4;1-13(2,3)9-5-4-8-10(14)6-7-11(15)12(8)9/h6-9,13-14H,5,10H2,1-4H3;6-9,11,14H,5,10H2,1-4H3;5-8,10,13H,9H2,1-4H3;6-7,9H,4-5H2,1-3H3/t13-,14+;11-,14-;10-,13-;9-/m0000/s1. The normalized spacial score (nSPS) is 24.1. The van der Waals surface area contributed by atoms with Crippen molar-refractivity contribution in [2.45, 2.75) is 172 Å². The molecular weight excluding hydrogens is 739 g/mol. The van der Waals surface area contributed by atoms with Crippen LogP contribution in [0, 0.1) is 45.1 Å². The maximum absolute atomic E-state index is 13.7. The number of ether oxygens (including phenoxy) is 1. The van der Waals surface area contributed by atoms with E-state index in [-0.39, 0.29) is 28.4 Å². The topological polar surface area (TPSA) is 9.23 Å². The lowest BCUT2D eigenvalue weighted by atomic mass is 9.72. The van der Waals surface area contributed by atoms with Gasteiger partial charge in [0.15, 0.2) is 0 Å². The molecule has 0 N–H and O–H groups in total. The summed E-state index contributed by atoms with van der Waals surface area (Å²) in [5, 5.41) is 0. The molecule has 0 aliphatic heterocycles. The van der Waals surface area contributed by atoms with Crippen molar-refractivity contribution in [1.82, 2.24) is 0 Å². The first-order chi connectivity index (χ1) is 28.0. The van der Waals surface area contributed by atoms with Crippen molar-refractivity contribution in [3.63, 3.8) is 0 Å². The van der Waals surface area contributed by atoms with Gasteiger partial charge in [0, 0.05) is 12.5 Å². The van der Waals surface area contributed by atoms with Crippen LogP contribution in [-0.4, -0.2) is 12.7 Å². The van der Waals surface area contributed by atoms with Gasteiger partial charge in [-0.05, 0) is 147 Å². The average molecular weight is 819 g/mol. The molecule has 8 rings (SSSR count). The van der Waals surface area contributed by atoms with Gasteiger partial charge in [-0.2, -0.15) is 0 Å². The Hall–Kier alpha value is -3.30. The van der Waals surface area contributed by atoms with Crippen LogP contribution in [0.4, 0.5) is 8.78 Å². The van der Waals surface area contributed by atoms with Gasteiger partial charge in [-0.3, -0.25) is 0 Å². The Morgan fingerprint density at radius 3 is 1.47 bits per heavy atom. The highest BCUT2D eigenvalue weighted by Gasteiger charge is 2.41. The minimum absolute atomic E-state index is 0.000116. The lowest BCUT2D eigenvalue weighted by molar-refractivity contribution is 0.0235. The number of fused-ring (bicyclic) bond motifs is 4. The molecule has 4 aromatic rings. The Balaban J connectivity index is 0.000000152. The van der Waals surface area contributed by atoms with Crippen LogP contribution in [0.25, 0.3) is 0 Å². The molecule has 0 aromatic heterocycles. The highest BCUT2D eigenvalue weighted by molar-refractivity contribution is 5.41. The third kappa shape index (κ3) is 10.8. The molecule has 0 spiro atoms. The summed E-state index contributed by atoms with van der Waals surface area (Å²) in [6, 6.07) is 29.2. The highest BCUT2D eigenvalue weighted by atomic mass is 19.1. The molecule has 0 saturated carbocycles. The van der Waals surface area contributed by atoms with Crippen LogP contribution in [0.5, 0.6) is 0 Å². The van der Waals surface area contributed by atoms with Gasteiger partial charge < -0.3 is 4.74 Å². The smallest absolute Gasteiger partial charge is 0.127 e. The molecular formula is C57H80F2O. The van der Waals surface area contributed by atoms with Gasteiger partial charge in [-0.1, -0.05) is 176 Å². The molecule has 0 radical (unpaired) electrons. The Bertz CT molecular complexity index is 2010. The molecule has 0 unspecified atom stereocenters. The fraction of sp³-hybridized carbons (Fsp3) is 0.579. The SMILES string of the molecule is CC(C)(C)[C@H]1CCc2c(F)ccc(F)c21.CCO[C@H]1Cc2ccccc2[C@H]1C(C)(C)C.CC[C@H]1Cc2ccccc2[C@H]1C(C)(C)C.C[C@H]1Cc2ccccc2[C@H]1C(C)(C)C. The van der Waals surface area contributed by atoms with Crippen molar-refractivity contribution >= 4 is 0 Å². The summed E-state index contributed by atoms with van der Waals surface area (Å²) in [6.45, 7) is 35.0. The zero-order valence-electron chi connectivity index (χ0n) is 40.2. The predicted molar refractivity (Wildman–Crippen MR) is 252 cm³/mol. The molecule has 7 atom stereocenters. The number of halogens is 2. The first-order valence-corrected chi connectivity index (χ1v) is 23.3. The van der Waals surface area contributed by atoms with E-state index < -0.39 is 0 Å². The van der Waals surface area contributed by atoms with Crippen molar-refractivity contribution in [3.8, 4) is 0 Å². The van der Waals surface area contributed by atoms with Gasteiger partial charge in [0.05, 0.1) is 6.10 Å². The van der Waals surface area contributed by atoms with E-state index in [1.807, 2.05) is 0 Å². The van der Waals surface area contributed by atoms with Crippen molar-refractivity contribution in [2.24, 2.45) is 33.5 Å². The number of hydrogen-bond donors (Lipinski definition) is 0. The minimum Gasteiger partial charge on any atom is -0.378 e. The van der Waals surface area contributed by atoms with Crippen molar-refractivity contribution in [1.29, 1.82) is 0 Å². The molecule has 1 nitrogen and oxygen atoms in total. The third-order valence-corrected chi connectivity index (χ3v) is 14.1. The zero-order chi connectivity index (χ0) is 44.4. The van der Waals surface area contributed by atoms with Gasteiger partial charge in [0.1, 0.15) is 11.6 Å². The van der Waals surface area contributed by atoms with Crippen LogP contribution in [0.15, 0.2) is 84.9 Å². The number of benzene rings is 4. The zero-order valence-corrected chi connectivity index (χ0v) is 40.2. The lowest BCUT2D eigenvalue weighted by Gasteiger charge is -2.32. The maximum atomic E-state index is 13.7. The van der Waals surface area contributed by atoms with Crippen LogP contribution in [0.2, 0.25) is 0 Å². The molecule has 4 aliphatic carbocycles. The molecule has 0 fully saturated rings. The lowest BCUT2D eigenvalue weighted by Crippen LogP contribution is -2.29. The fourth-order valence-corrected chi connectivity index (χ4v) is 11.8. The van der Waals surface area contributed by atoms with Gasteiger partial charge in [-0.25, -0.2) is 8.78 Å². The van der Waals surface area contributed by atoms with Gasteiger partial charge in [-0.15, -0.1) is 0 Å². The van der Waals surface area contributed by atoms with E-state index in [0.717, 1.165) is 43.1 Å². The Kier molecular flexibility index (Phi) is 15.1. The summed E-state index contributed by atoms with van der Waals surface area (Å²) < 4.78 is 33.1. The summed E-state index contributed by atoms with van der Waals surface area (Å²) >= 11 is 0. The van der Waals surface area contributed by atoms with Gasteiger partial charge in [0.2, 0.25) is 0 Å². The van der Waals surface area contributed by atoms with Crippen molar-refractivity contribution in [2.75, 3.05) is 6.61 Å². The van der Waals surface area contributed by atoms with Gasteiger partial charge in [0.25, 0.3) is 0 Å². The molecule has 4 aromatic carbocycles. The van der Waals surface area contributed by atoms with Crippen molar-refractivity contribution in [3.05, 3.63) is 141 Å². The Morgan fingerprint density at radius 1 is 0.533 bits per heavy atom. The second-order valence-electron chi connectivity index (χ2n) is 22.8. The second-order valence-corrected chi connectivity index (χ2v) is 22.8. The molecule has 60 heavy (non-hydrogen) atoms.